The Balaban J connectivity index is 2.04. The monoisotopic (exact) mass is 269 g/mol. The molecule has 0 amide bonds. The van der Waals surface area contributed by atoms with Crippen LogP contribution in [0.5, 0.6) is 0 Å². The summed E-state index contributed by atoms with van der Waals surface area (Å²) in [4.78, 5) is 8.87. The van der Waals surface area contributed by atoms with E-state index in [1.807, 2.05) is 18.3 Å². The lowest BCUT2D eigenvalue weighted by molar-refractivity contribution is 0.845. The number of pyridine rings is 1. The first-order chi connectivity index (χ1) is 9.16. The van der Waals surface area contributed by atoms with Crippen molar-refractivity contribution in [3.63, 3.8) is 0 Å². The Hall–Kier alpha value is -1.94. The van der Waals surface area contributed by atoms with Gasteiger partial charge in [-0.05, 0) is 32.0 Å². The molecule has 0 unspecified atom stereocenters. The molecule has 3 heterocycles. The van der Waals surface area contributed by atoms with E-state index in [9.17, 15) is 0 Å². The molecule has 4 heteroatoms. The van der Waals surface area contributed by atoms with E-state index in [2.05, 4.69) is 41.9 Å². The second kappa shape index (κ2) is 4.63. The summed E-state index contributed by atoms with van der Waals surface area (Å²) >= 11 is 1.66. The predicted molar refractivity (Wildman–Crippen MR) is 79.2 cm³/mol. The van der Waals surface area contributed by atoms with Gasteiger partial charge in [-0.15, -0.1) is 11.3 Å². The molecule has 0 radical (unpaired) electrons. The highest BCUT2D eigenvalue weighted by atomic mass is 32.1. The summed E-state index contributed by atoms with van der Waals surface area (Å²) in [7, 11) is 2.09. The van der Waals surface area contributed by atoms with Crippen LogP contribution in [-0.2, 0) is 7.05 Å². The molecule has 0 aliphatic carbocycles. The van der Waals surface area contributed by atoms with E-state index >= 15 is 0 Å². The van der Waals surface area contributed by atoms with Crippen LogP contribution in [0.4, 0.5) is 0 Å². The lowest BCUT2D eigenvalue weighted by atomic mass is 10.2. The molecule has 0 N–H and O–H groups in total. The topological polar surface area (TPSA) is 30.7 Å². The molecule has 3 rings (SSSR count). The van der Waals surface area contributed by atoms with Crippen LogP contribution in [0.3, 0.4) is 0 Å². The fourth-order valence-electron chi connectivity index (χ4n) is 2.13. The number of hydrogen-bond donors (Lipinski definition) is 0. The Morgan fingerprint density at radius 1 is 1.26 bits per heavy atom. The largest absolute Gasteiger partial charge is 0.351 e. The van der Waals surface area contributed by atoms with Gasteiger partial charge in [0.25, 0.3) is 0 Å². The average Bonchev–Trinajstić information content (AvgIpc) is 3.01. The quantitative estimate of drug-likeness (QED) is 0.708. The molecule has 0 aromatic carbocycles. The number of aromatic nitrogens is 3. The number of thiazole rings is 1. The van der Waals surface area contributed by atoms with Gasteiger partial charge in [-0.3, -0.25) is 4.98 Å². The van der Waals surface area contributed by atoms with Crippen LogP contribution >= 0.6 is 11.3 Å². The Morgan fingerprint density at radius 2 is 2.11 bits per heavy atom. The molecule has 0 aliphatic rings. The third-order valence-corrected chi connectivity index (χ3v) is 4.36. The molecular weight excluding hydrogens is 254 g/mol. The van der Waals surface area contributed by atoms with Crippen LogP contribution in [0, 0.1) is 13.8 Å². The molecule has 0 atom stereocenters. The van der Waals surface area contributed by atoms with E-state index in [4.69, 9.17) is 4.98 Å². The van der Waals surface area contributed by atoms with Gasteiger partial charge >= 0.3 is 0 Å². The van der Waals surface area contributed by atoms with Crippen molar-refractivity contribution in [2.75, 3.05) is 0 Å². The third kappa shape index (κ3) is 2.08. The van der Waals surface area contributed by atoms with E-state index in [1.54, 1.807) is 17.5 Å². The summed E-state index contributed by atoms with van der Waals surface area (Å²) in [6, 6.07) is 6.17. The van der Waals surface area contributed by atoms with Gasteiger partial charge in [0.05, 0.1) is 5.69 Å². The van der Waals surface area contributed by atoms with Crippen LogP contribution < -0.4 is 0 Å². The zero-order valence-electron chi connectivity index (χ0n) is 11.2. The van der Waals surface area contributed by atoms with E-state index in [0.29, 0.717) is 0 Å². The van der Waals surface area contributed by atoms with Gasteiger partial charge in [0.2, 0.25) is 0 Å². The molecule has 3 aromatic rings. The lowest BCUT2D eigenvalue weighted by Gasteiger charge is -2.00. The molecular formula is C15H15N3S. The van der Waals surface area contributed by atoms with Crippen molar-refractivity contribution < 1.29 is 0 Å². The van der Waals surface area contributed by atoms with Crippen LogP contribution in [-0.4, -0.2) is 14.5 Å². The first-order valence-electron chi connectivity index (χ1n) is 6.16. The summed E-state index contributed by atoms with van der Waals surface area (Å²) in [5.74, 6) is 0. The Morgan fingerprint density at radius 3 is 2.74 bits per heavy atom. The van der Waals surface area contributed by atoms with Gasteiger partial charge in [-0.2, -0.15) is 0 Å². The summed E-state index contributed by atoms with van der Waals surface area (Å²) in [6.45, 7) is 4.25. The molecule has 3 nitrogen and oxygen atoms in total. The summed E-state index contributed by atoms with van der Waals surface area (Å²) in [6.07, 6.45) is 3.63. The average molecular weight is 269 g/mol. The van der Waals surface area contributed by atoms with Crippen LogP contribution in [0.25, 0.3) is 21.8 Å². The second-order valence-electron chi connectivity index (χ2n) is 4.62. The molecule has 3 aromatic heterocycles. The molecule has 19 heavy (non-hydrogen) atoms. The number of aryl methyl sites for hydroxylation is 1. The maximum absolute atomic E-state index is 4.73. The fourth-order valence-corrected chi connectivity index (χ4v) is 2.94. The van der Waals surface area contributed by atoms with E-state index in [1.165, 1.54) is 17.0 Å². The highest BCUT2D eigenvalue weighted by molar-refractivity contribution is 7.13. The van der Waals surface area contributed by atoms with Crippen molar-refractivity contribution in [2.45, 2.75) is 13.8 Å². The predicted octanol–water partition coefficient (Wildman–Crippen LogP) is 3.83. The Bertz CT molecular complexity index is 710. The minimum Gasteiger partial charge on any atom is -0.351 e. The van der Waals surface area contributed by atoms with Gasteiger partial charge < -0.3 is 4.57 Å². The highest BCUT2D eigenvalue weighted by Gasteiger charge is 2.12. The Labute approximate surface area is 116 Å². The smallest absolute Gasteiger partial charge is 0.125 e. The minimum atomic E-state index is 1.02. The summed E-state index contributed by atoms with van der Waals surface area (Å²) < 4.78 is 2.19. The van der Waals surface area contributed by atoms with Crippen molar-refractivity contribution >= 4 is 11.3 Å². The molecule has 0 aliphatic heterocycles. The molecule has 96 valence electrons. The first-order valence-corrected chi connectivity index (χ1v) is 7.04. The standard InChI is InChI=1S/C15H15N3S/c1-10-7-13(11(2)18(10)3)14-9-19-15(17-14)12-5-4-6-16-8-12/h4-9H,1-3H3. The molecule has 0 bridgehead atoms. The van der Waals surface area contributed by atoms with E-state index in [-0.39, 0.29) is 0 Å². The molecule has 0 spiro atoms. The Kier molecular flexibility index (Phi) is 2.95. The maximum Gasteiger partial charge on any atom is 0.125 e. The van der Waals surface area contributed by atoms with Crippen molar-refractivity contribution in [3.05, 3.63) is 47.4 Å². The van der Waals surface area contributed by atoms with Crippen molar-refractivity contribution in [1.82, 2.24) is 14.5 Å². The van der Waals surface area contributed by atoms with Crippen molar-refractivity contribution in [2.24, 2.45) is 7.05 Å². The van der Waals surface area contributed by atoms with Crippen LogP contribution in [0.15, 0.2) is 36.0 Å². The molecule has 0 saturated carbocycles. The molecule has 0 fully saturated rings. The zero-order chi connectivity index (χ0) is 13.4. The number of nitrogens with zero attached hydrogens (tertiary/aromatic N) is 3. The van der Waals surface area contributed by atoms with E-state index < -0.39 is 0 Å². The van der Waals surface area contributed by atoms with E-state index in [0.717, 1.165) is 16.3 Å². The highest BCUT2D eigenvalue weighted by Crippen LogP contribution is 2.31. The maximum atomic E-state index is 4.73. The lowest BCUT2D eigenvalue weighted by Crippen LogP contribution is -1.92. The van der Waals surface area contributed by atoms with Gasteiger partial charge in [0.1, 0.15) is 5.01 Å². The number of rotatable bonds is 2. The first kappa shape index (κ1) is 12.1. The molecule has 0 saturated heterocycles. The van der Waals surface area contributed by atoms with Crippen LogP contribution in [0.1, 0.15) is 11.4 Å². The van der Waals surface area contributed by atoms with Crippen LogP contribution in [0.2, 0.25) is 0 Å². The third-order valence-electron chi connectivity index (χ3n) is 3.46. The second-order valence-corrected chi connectivity index (χ2v) is 5.48. The SMILES string of the molecule is Cc1cc(-c2csc(-c3cccnc3)n2)c(C)n1C. The van der Waals surface area contributed by atoms with Gasteiger partial charge in [-0.25, -0.2) is 4.98 Å². The fraction of sp³-hybridized carbons (Fsp3) is 0.200. The summed E-state index contributed by atoms with van der Waals surface area (Å²) in [5, 5.41) is 3.13. The van der Waals surface area contributed by atoms with Gasteiger partial charge in [0.15, 0.2) is 0 Å². The summed E-state index contributed by atoms with van der Waals surface area (Å²) in [5.41, 5.74) is 5.84. The normalized spacial score (nSPS) is 10.9. The van der Waals surface area contributed by atoms with Crippen molar-refractivity contribution in [3.8, 4) is 21.8 Å². The zero-order valence-corrected chi connectivity index (χ0v) is 12.0. The van der Waals surface area contributed by atoms with Gasteiger partial charge in [0, 0.05) is 47.3 Å². The van der Waals surface area contributed by atoms with Gasteiger partial charge in [-0.1, -0.05) is 0 Å². The number of hydrogen-bond acceptors (Lipinski definition) is 3. The minimum absolute atomic E-state index is 1.02. The van der Waals surface area contributed by atoms with Crippen molar-refractivity contribution in [1.29, 1.82) is 0 Å².